The first-order valence-corrected chi connectivity index (χ1v) is 13.8. The minimum atomic E-state index is -4.12. The van der Waals surface area contributed by atoms with Crippen molar-refractivity contribution in [2.45, 2.75) is 30.6 Å². The van der Waals surface area contributed by atoms with Crippen LogP contribution >= 0.6 is 15.9 Å². The normalized spacial score (nSPS) is 11.9. The minimum Gasteiger partial charge on any atom is -0.382 e. The second kappa shape index (κ2) is 12.8. The Hall–Kier alpha value is -2.28. The number of hydrogen-bond acceptors (Lipinski definition) is 8. The van der Waals surface area contributed by atoms with Crippen LogP contribution in [0.1, 0.15) is 22.4 Å². The van der Waals surface area contributed by atoms with Gasteiger partial charge in [-0.3, -0.25) is 0 Å². The van der Waals surface area contributed by atoms with Crippen molar-refractivity contribution in [3.8, 4) is 11.1 Å². The van der Waals surface area contributed by atoms with Crippen LogP contribution in [0.2, 0.25) is 0 Å². The molecule has 3 aromatic rings. The zero-order valence-electron chi connectivity index (χ0n) is 21.2. The summed E-state index contributed by atoms with van der Waals surface area (Å²) in [5.74, 6) is 0.119. The van der Waals surface area contributed by atoms with Crippen LogP contribution in [0.3, 0.4) is 0 Å². The molecule has 2 aromatic carbocycles. The molecule has 11 heteroatoms. The van der Waals surface area contributed by atoms with Crippen molar-refractivity contribution in [3.05, 3.63) is 64.8 Å². The third kappa shape index (κ3) is 6.34. The fourth-order valence-corrected chi connectivity index (χ4v) is 5.52. The number of ether oxygens (including phenoxy) is 2. The number of aromatic nitrogens is 1. The molecule has 9 nitrogen and oxygen atoms in total. The number of rotatable bonds is 13. The van der Waals surface area contributed by atoms with Crippen molar-refractivity contribution in [2.24, 2.45) is 0 Å². The number of sulfonamides is 1. The number of benzene rings is 2. The number of alkyl halides is 1. The van der Waals surface area contributed by atoms with Gasteiger partial charge >= 0.3 is 0 Å². The Kier molecular flexibility index (Phi) is 10.1. The van der Waals surface area contributed by atoms with E-state index < -0.39 is 10.0 Å². The molecule has 3 rings (SSSR count). The van der Waals surface area contributed by atoms with Crippen LogP contribution in [0.25, 0.3) is 11.1 Å². The predicted molar refractivity (Wildman–Crippen MR) is 141 cm³/mol. The van der Waals surface area contributed by atoms with E-state index in [1.165, 1.54) is 0 Å². The molecular formula is C25H32BrN3O6S. The molecule has 0 bridgehead atoms. The molecular weight excluding hydrogens is 550 g/mol. The number of halogens is 1. The molecule has 1 heterocycles. The fraction of sp³-hybridized carbons (Fsp3) is 0.400. The molecule has 1 aromatic heterocycles. The molecule has 36 heavy (non-hydrogen) atoms. The summed E-state index contributed by atoms with van der Waals surface area (Å²) in [6.45, 7) is 4.29. The first kappa shape index (κ1) is 28.3. The van der Waals surface area contributed by atoms with E-state index in [9.17, 15) is 8.42 Å². The van der Waals surface area contributed by atoms with Crippen LogP contribution in [0.5, 0.6) is 0 Å². The van der Waals surface area contributed by atoms with Crippen LogP contribution < -0.4 is 4.31 Å². The Morgan fingerprint density at radius 2 is 1.81 bits per heavy atom. The molecule has 0 spiro atoms. The molecule has 196 valence electrons. The van der Waals surface area contributed by atoms with Crippen LogP contribution in [0.15, 0.2) is 51.9 Å². The summed E-state index contributed by atoms with van der Waals surface area (Å²) in [6.07, 6.45) is 0. The van der Waals surface area contributed by atoms with E-state index >= 15 is 0 Å². The third-order valence-electron chi connectivity index (χ3n) is 5.77. The van der Waals surface area contributed by atoms with Crippen LogP contribution in [-0.4, -0.2) is 59.8 Å². The molecule has 0 saturated carbocycles. The van der Waals surface area contributed by atoms with Gasteiger partial charge in [-0.25, -0.2) is 12.7 Å². The molecule has 0 N–H and O–H groups in total. The van der Waals surface area contributed by atoms with Gasteiger partial charge in [-0.2, -0.15) is 5.06 Å². The summed E-state index contributed by atoms with van der Waals surface area (Å²) in [7, 11) is 0.851. The van der Waals surface area contributed by atoms with Gasteiger partial charge in [-0.1, -0.05) is 57.5 Å². The monoisotopic (exact) mass is 581 g/mol. The second-order valence-electron chi connectivity index (χ2n) is 8.17. The van der Waals surface area contributed by atoms with E-state index in [0.717, 1.165) is 21.0 Å². The van der Waals surface area contributed by atoms with Crippen molar-refractivity contribution < 1.29 is 27.3 Å². The van der Waals surface area contributed by atoms with Crippen molar-refractivity contribution in [2.75, 3.05) is 45.5 Å². The van der Waals surface area contributed by atoms with Gasteiger partial charge < -0.3 is 18.8 Å². The molecule has 0 aliphatic heterocycles. The standard InChI is InChI=1S/C25H32BrN3O6S/c1-18-19(2)27-35-25(18)29(17-34-13-12-32-4)36(30,31)24-9-7-6-8-23(24)22-11-10-20(15-26)14-21(22)16-28(3)33-5/h6-11,14H,12-13,15-17H2,1-5H3. The molecule has 0 aliphatic rings. The lowest BCUT2D eigenvalue weighted by Crippen LogP contribution is -2.34. The fourth-order valence-electron chi connectivity index (χ4n) is 3.62. The first-order valence-electron chi connectivity index (χ1n) is 11.3. The van der Waals surface area contributed by atoms with E-state index in [2.05, 4.69) is 21.1 Å². The highest BCUT2D eigenvalue weighted by Crippen LogP contribution is 2.36. The zero-order valence-corrected chi connectivity index (χ0v) is 23.6. The quantitative estimate of drug-likeness (QED) is 0.124. The summed E-state index contributed by atoms with van der Waals surface area (Å²) >= 11 is 3.50. The average Bonchev–Trinajstić information content (AvgIpc) is 3.21. The highest BCUT2D eigenvalue weighted by atomic mass is 79.9. The van der Waals surface area contributed by atoms with Gasteiger partial charge in [0.25, 0.3) is 10.0 Å². The number of nitrogens with zero attached hydrogens (tertiary/aromatic N) is 3. The number of anilines is 1. The largest absolute Gasteiger partial charge is 0.382 e. The third-order valence-corrected chi connectivity index (χ3v) is 8.18. The Morgan fingerprint density at radius 3 is 2.44 bits per heavy atom. The predicted octanol–water partition coefficient (Wildman–Crippen LogP) is 4.66. The second-order valence-corrected chi connectivity index (χ2v) is 10.6. The lowest BCUT2D eigenvalue weighted by Gasteiger charge is -2.24. The van der Waals surface area contributed by atoms with Crippen molar-refractivity contribution >= 4 is 31.8 Å². The Morgan fingerprint density at radius 1 is 1.06 bits per heavy atom. The van der Waals surface area contributed by atoms with Gasteiger partial charge in [0.15, 0.2) is 0 Å². The average molecular weight is 583 g/mol. The van der Waals surface area contributed by atoms with Crippen molar-refractivity contribution in [3.63, 3.8) is 0 Å². The SMILES string of the molecule is COCCOCN(c1onc(C)c1C)S(=O)(=O)c1ccccc1-c1ccc(CBr)cc1CN(C)OC. The molecule has 0 atom stereocenters. The number of hydrogen-bond donors (Lipinski definition) is 0. The van der Waals surface area contributed by atoms with Gasteiger partial charge in [-0.05, 0) is 36.6 Å². The molecule has 0 saturated heterocycles. The lowest BCUT2D eigenvalue weighted by molar-refractivity contribution is -0.116. The minimum absolute atomic E-state index is 0.119. The van der Waals surface area contributed by atoms with Crippen molar-refractivity contribution in [1.29, 1.82) is 0 Å². The topological polar surface area (TPSA) is 94.3 Å². The highest BCUT2D eigenvalue weighted by molar-refractivity contribution is 9.08. The van der Waals surface area contributed by atoms with Crippen LogP contribution in [0.4, 0.5) is 5.88 Å². The molecule has 0 unspecified atom stereocenters. The van der Waals surface area contributed by atoms with Crippen LogP contribution in [0, 0.1) is 13.8 Å². The summed E-state index contributed by atoms with van der Waals surface area (Å²) in [5.41, 5.74) is 4.57. The number of methoxy groups -OCH3 is 1. The molecule has 0 fully saturated rings. The molecule has 0 amide bonds. The van der Waals surface area contributed by atoms with Gasteiger partial charge in [0.1, 0.15) is 6.73 Å². The maximum atomic E-state index is 14.1. The summed E-state index contributed by atoms with van der Waals surface area (Å²) in [4.78, 5) is 5.47. The van der Waals surface area contributed by atoms with Gasteiger partial charge in [0.2, 0.25) is 5.88 Å². The van der Waals surface area contributed by atoms with Gasteiger partial charge in [0.05, 0.1) is 30.9 Å². The van der Waals surface area contributed by atoms with E-state index in [1.54, 1.807) is 51.3 Å². The summed E-state index contributed by atoms with van der Waals surface area (Å²) < 4.78 is 45.5. The number of hydroxylamine groups is 2. The van der Waals surface area contributed by atoms with E-state index in [4.69, 9.17) is 18.8 Å². The maximum absolute atomic E-state index is 14.1. The van der Waals surface area contributed by atoms with Crippen molar-refractivity contribution in [1.82, 2.24) is 10.2 Å². The van der Waals surface area contributed by atoms with Gasteiger partial charge in [0, 0.05) is 37.2 Å². The summed E-state index contributed by atoms with van der Waals surface area (Å²) in [5, 5.41) is 6.32. The van der Waals surface area contributed by atoms with E-state index in [0.29, 0.717) is 35.3 Å². The lowest BCUT2D eigenvalue weighted by atomic mass is 9.97. The maximum Gasteiger partial charge on any atom is 0.269 e. The van der Waals surface area contributed by atoms with E-state index in [-0.39, 0.29) is 24.1 Å². The molecule has 0 aliphatic carbocycles. The number of aryl methyl sites for hydroxylation is 1. The van der Waals surface area contributed by atoms with E-state index in [1.807, 2.05) is 31.3 Å². The zero-order chi connectivity index (χ0) is 26.3. The summed E-state index contributed by atoms with van der Waals surface area (Å²) in [6, 6.07) is 12.9. The highest BCUT2D eigenvalue weighted by Gasteiger charge is 2.32. The smallest absolute Gasteiger partial charge is 0.269 e. The Bertz CT molecular complexity index is 1260. The first-order chi connectivity index (χ1) is 17.2. The van der Waals surface area contributed by atoms with Crippen LogP contribution in [-0.2, 0) is 36.2 Å². The Balaban J connectivity index is 2.14. The molecule has 0 radical (unpaired) electrons. The Labute approximate surface area is 221 Å². The van der Waals surface area contributed by atoms with Gasteiger partial charge in [-0.15, -0.1) is 0 Å².